The molecule has 0 radical (unpaired) electrons. The molecule has 1 amide bonds. The minimum absolute atomic E-state index is 0.208. The molecular formula is C17H19BrN2O2. The lowest BCUT2D eigenvalue weighted by molar-refractivity contribution is -0.132. The summed E-state index contributed by atoms with van der Waals surface area (Å²) in [5.41, 5.74) is 1.06. The van der Waals surface area contributed by atoms with E-state index in [2.05, 4.69) is 20.8 Å². The number of carbonyl (C=O) groups excluding carboxylic acids is 1. The average Bonchev–Trinajstić information content (AvgIpc) is 3.03. The van der Waals surface area contributed by atoms with Gasteiger partial charge in [0.05, 0.1) is 19.2 Å². The second-order valence-electron chi connectivity index (χ2n) is 5.54. The highest BCUT2D eigenvalue weighted by Gasteiger charge is 2.21. The number of carbonyl (C=O) groups is 1. The summed E-state index contributed by atoms with van der Waals surface area (Å²) < 4.78 is 6.41. The molecule has 1 saturated heterocycles. The zero-order valence-electron chi connectivity index (χ0n) is 12.4. The third-order valence-electron chi connectivity index (χ3n) is 3.95. The number of piperazine rings is 1. The van der Waals surface area contributed by atoms with Crippen LogP contribution in [0.5, 0.6) is 0 Å². The third kappa shape index (κ3) is 3.99. The van der Waals surface area contributed by atoms with Gasteiger partial charge in [-0.15, -0.1) is 0 Å². The normalized spacial score (nSPS) is 16.0. The third-order valence-corrected chi connectivity index (χ3v) is 4.48. The Morgan fingerprint density at radius 3 is 2.45 bits per heavy atom. The van der Waals surface area contributed by atoms with Gasteiger partial charge in [-0.3, -0.25) is 9.69 Å². The molecule has 4 nitrogen and oxygen atoms in total. The number of benzene rings is 1. The maximum Gasteiger partial charge on any atom is 0.227 e. The molecule has 116 valence electrons. The molecule has 1 aliphatic rings. The predicted molar refractivity (Wildman–Crippen MR) is 88.4 cm³/mol. The van der Waals surface area contributed by atoms with E-state index in [0.29, 0.717) is 6.42 Å². The van der Waals surface area contributed by atoms with Crippen LogP contribution < -0.4 is 0 Å². The van der Waals surface area contributed by atoms with Gasteiger partial charge < -0.3 is 9.32 Å². The Bertz CT molecular complexity index is 602. The van der Waals surface area contributed by atoms with Gasteiger partial charge in [0.2, 0.25) is 5.91 Å². The molecule has 3 rings (SSSR count). The van der Waals surface area contributed by atoms with Crippen LogP contribution in [0.15, 0.2) is 51.6 Å². The number of hydrogen-bond donors (Lipinski definition) is 0. The van der Waals surface area contributed by atoms with Crippen molar-refractivity contribution in [3.63, 3.8) is 0 Å². The number of halogens is 1. The van der Waals surface area contributed by atoms with Gasteiger partial charge in [0.1, 0.15) is 5.76 Å². The van der Waals surface area contributed by atoms with E-state index in [1.165, 1.54) is 0 Å². The summed E-state index contributed by atoms with van der Waals surface area (Å²) in [4.78, 5) is 16.6. The molecule has 1 fully saturated rings. The molecule has 5 heteroatoms. The quantitative estimate of drug-likeness (QED) is 0.838. The Labute approximate surface area is 138 Å². The first-order chi connectivity index (χ1) is 10.7. The Morgan fingerprint density at radius 1 is 1.09 bits per heavy atom. The van der Waals surface area contributed by atoms with Crippen LogP contribution in [-0.4, -0.2) is 41.9 Å². The lowest BCUT2D eigenvalue weighted by atomic mass is 10.1. The average molecular weight is 363 g/mol. The van der Waals surface area contributed by atoms with Crippen LogP contribution in [-0.2, 0) is 17.8 Å². The summed E-state index contributed by atoms with van der Waals surface area (Å²) in [6.07, 6.45) is 2.18. The maximum absolute atomic E-state index is 12.4. The van der Waals surface area contributed by atoms with Crippen LogP contribution >= 0.6 is 15.9 Å². The van der Waals surface area contributed by atoms with Crippen LogP contribution in [0.4, 0.5) is 0 Å². The van der Waals surface area contributed by atoms with E-state index in [-0.39, 0.29) is 5.91 Å². The van der Waals surface area contributed by atoms with E-state index in [4.69, 9.17) is 4.42 Å². The van der Waals surface area contributed by atoms with Crippen LogP contribution in [0, 0.1) is 0 Å². The molecule has 0 N–H and O–H groups in total. The van der Waals surface area contributed by atoms with Gasteiger partial charge in [0.15, 0.2) is 0 Å². The highest BCUT2D eigenvalue weighted by Crippen LogP contribution is 2.13. The lowest BCUT2D eigenvalue weighted by Crippen LogP contribution is -2.48. The van der Waals surface area contributed by atoms with E-state index in [0.717, 1.165) is 48.5 Å². The first-order valence-electron chi connectivity index (χ1n) is 7.48. The summed E-state index contributed by atoms with van der Waals surface area (Å²) in [6.45, 7) is 4.19. The van der Waals surface area contributed by atoms with Crippen molar-refractivity contribution in [1.82, 2.24) is 9.80 Å². The lowest BCUT2D eigenvalue weighted by Gasteiger charge is -2.34. The smallest absolute Gasteiger partial charge is 0.227 e. The van der Waals surface area contributed by atoms with Gasteiger partial charge in [0.25, 0.3) is 0 Å². The maximum atomic E-state index is 12.4. The van der Waals surface area contributed by atoms with E-state index in [1.54, 1.807) is 6.26 Å². The SMILES string of the molecule is O=C(Cc1ccc(Br)cc1)N1CCN(Cc2ccco2)CC1. The molecule has 0 saturated carbocycles. The highest BCUT2D eigenvalue weighted by molar-refractivity contribution is 9.10. The standard InChI is InChI=1S/C17H19BrN2O2/c18-15-5-3-14(4-6-15)12-17(21)20-9-7-19(8-10-20)13-16-2-1-11-22-16/h1-6,11H,7-10,12-13H2. The fraction of sp³-hybridized carbons (Fsp3) is 0.353. The van der Waals surface area contributed by atoms with Crippen molar-refractivity contribution in [2.45, 2.75) is 13.0 Å². The molecule has 0 unspecified atom stereocenters. The van der Waals surface area contributed by atoms with Crippen LogP contribution in [0.1, 0.15) is 11.3 Å². The molecule has 22 heavy (non-hydrogen) atoms. The number of amides is 1. The minimum atomic E-state index is 0.208. The minimum Gasteiger partial charge on any atom is -0.468 e. The first-order valence-corrected chi connectivity index (χ1v) is 8.27. The van der Waals surface area contributed by atoms with Gasteiger partial charge in [0, 0.05) is 30.7 Å². The van der Waals surface area contributed by atoms with E-state index < -0.39 is 0 Å². The first kappa shape index (κ1) is 15.3. The summed E-state index contributed by atoms with van der Waals surface area (Å²) in [6, 6.07) is 11.8. The van der Waals surface area contributed by atoms with Crippen molar-refractivity contribution in [3.05, 3.63) is 58.5 Å². The Hall–Kier alpha value is -1.59. The van der Waals surface area contributed by atoms with Crippen molar-refractivity contribution in [2.24, 2.45) is 0 Å². The summed E-state index contributed by atoms with van der Waals surface area (Å²) in [5.74, 6) is 1.19. The summed E-state index contributed by atoms with van der Waals surface area (Å²) in [5, 5.41) is 0. The highest BCUT2D eigenvalue weighted by atomic mass is 79.9. The van der Waals surface area contributed by atoms with Crippen molar-refractivity contribution in [3.8, 4) is 0 Å². The fourth-order valence-electron chi connectivity index (χ4n) is 2.67. The number of furan rings is 1. The second-order valence-corrected chi connectivity index (χ2v) is 6.46. The predicted octanol–water partition coefficient (Wildman–Crippen LogP) is 2.93. The van der Waals surface area contributed by atoms with E-state index >= 15 is 0 Å². The molecule has 1 aliphatic heterocycles. The monoisotopic (exact) mass is 362 g/mol. The molecule has 0 spiro atoms. The molecular weight excluding hydrogens is 344 g/mol. The Morgan fingerprint density at radius 2 is 1.82 bits per heavy atom. The van der Waals surface area contributed by atoms with Crippen molar-refractivity contribution in [1.29, 1.82) is 0 Å². The van der Waals surface area contributed by atoms with Crippen molar-refractivity contribution < 1.29 is 9.21 Å². The summed E-state index contributed by atoms with van der Waals surface area (Å²) >= 11 is 3.41. The molecule has 0 bridgehead atoms. The van der Waals surface area contributed by atoms with Crippen molar-refractivity contribution in [2.75, 3.05) is 26.2 Å². The Kier molecular flexibility index (Phi) is 4.95. The zero-order chi connectivity index (χ0) is 15.4. The zero-order valence-corrected chi connectivity index (χ0v) is 14.0. The molecule has 1 aromatic carbocycles. The number of nitrogens with zero attached hydrogens (tertiary/aromatic N) is 2. The molecule has 1 aromatic heterocycles. The van der Waals surface area contributed by atoms with Crippen LogP contribution in [0.3, 0.4) is 0 Å². The largest absolute Gasteiger partial charge is 0.468 e. The van der Waals surface area contributed by atoms with Crippen LogP contribution in [0.2, 0.25) is 0 Å². The molecule has 0 atom stereocenters. The van der Waals surface area contributed by atoms with Gasteiger partial charge >= 0.3 is 0 Å². The van der Waals surface area contributed by atoms with E-state index in [1.807, 2.05) is 41.3 Å². The van der Waals surface area contributed by atoms with Gasteiger partial charge in [-0.2, -0.15) is 0 Å². The molecule has 2 aromatic rings. The van der Waals surface area contributed by atoms with Gasteiger partial charge in [-0.1, -0.05) is 28.1 Å². The number of hydrogen-bond acceptors (Lipinski definition) is 3. The molecule has 0 aliphatic carbocycles. The van der Waals surface area contributed by atoms with Gasteiger partial charge in [-0.05, 0) is 29.8 Å². The Balaban J connectivity index is 1.48. The fourth-order valence-corrected chi connectivity index (χ4v) is 2.93. The topological polar surface area (TPSA) is 36.7 Å². The van der Waals surface area contributed by atoms with Gasteiger partial charge in [-0.25, -0.2) is 0 Å². The summed E-state index contributed by atoms with van der Waals surface area (Å²) in [7, 11) is 0. The van der Waals surface area contributed by atoms with Crippen LogP contribution in [0.25, 0.3) is 0 Å². The molecule has 2 heterocycles. The second kappa shape index (κ2) is 7.11. The van der Waals surface area contributed by atoms with Crippen molar-refractivity contribution >= 4 is 21.8 Å². The number of rotatable bonds is 4. The van der Waals surface area contributed by atoms with E-state index in [9.17, 15) is 4.79 Å².